The molecule has 0 radical (unpaired) electrons. The molecule has 0 fully saturated rings. The van der Waals surface area contributed by atoms with Gasteiger partial charge in [0.15, 0.2) is 11.5 Å². The largest absolute Gasteiger partial charge is 0.476 e. The fourth-order valence-corrected chi connectivity index (χ4v) is 1.50. The number of hydrogen-bond acceptors (Lipinski definition) is 4. The summed E-state index contributed by atoms with van der Waals surface area (Å²) in [7, 11) is 0. The van der Waals surface area contributed by atoms with E-state index in [4.69, 9.17) is 22.0 Å². The minimum atomic E-state index is -1.14. The van der Waals surface area contributed by atoms with E-state index < -0.39 is 5.97 Å². The molecule has 2 aromatic rings. The van der Waals surface area contributed by atoms with Crippen LogP contribution in [0.4, 0.5) is 0 Å². The number of pyridine rings is 1. The number of imidazole rings is 1. The number of rotatable bonds is 2. The minimum absolute atomic E-state index is 0.120. The Balaban J connectivity index is 2.53. The SMILES string of the molecule is N#Cc1ccnc(-n2cnc(C(=O)O)c2)c1Cl. The Bertz CT molecular complexity index is 629. The molecule has 7 heteroatoms. The normalized spacial score (nSPS) is 9.88. The molecule has 0 bridgehead atoms. The molecule has 0 unspecified atom stereocenters. The molecule has 0 aliphatic carbocycles. The molecule has 0 aromatic carbocycles. The standard InChI is InChI=1S/C10H5ClN4O2/c11-8-6(3-12)1-2-13-9(8)15-4-7(10(16)17)14-5-15/h1-2,4-5H,(H,16,17). The molecule has 0 saturated heterocycles. The van der Waals surface area contributed by atoms with Crippen molar-refractivity contribution in [3.05, 3.63) is 41.1 Å². The molecule has 2 heterocycles. The molecule has 0 saturated carbocycles. The smallest absolute Gasteiger partial charge is 0.356 e. The van der Waals surface area contributed by atoms with Crippen LogP contribution in [0.1, 0.15) is 16.1 Å². The van der Waals surface area contributed by atoms with Crippen molar-refractivity contribution in [3.8, 4) is 11.9 Å². The lowest BCUT2D eigenvalue weighted by atomic mass is 10.3. The molecule has 84 valence electrons. The van der Waals surface area contributed by atoms with Crippen molar-refractivity contribution in [2.45, 2.75) is 0 Å². The maximum atomic E-state index is 10.7. The van der Waals surface area contributed by atoms with E-state index in [1.54, 1.807) is 0 Å². The van der Waals surface area contributed by atoms with Crippen molar-refractivity contribution >= 4 is 17.6 Å². The Morgan fingerprint density at radius 1 is 1.53 bits per heavy atom. The molecule has 0 aliphatic heterocycles. The van der Waals surface area contributed by atoms with Gasteiger partial charge in [0.1, 0.15) is 17.4 Å². The monoisotopic (exact) mass is 248 g/mol. The quantitative estimate of drug-likeness (QED) is 0.869. The number of aromatic nitrogens is 3. The first kappa shape index (κ1) is 11.1. The van der Waals surface area contributed by atoms with Crippen LogP contribution < -0.4 is 0 Å². The zero-order valence-corrected chi connectivity index (χ0v) is 9.09. The predicted octanol–water partition coefficient (Wildman–Crippen LogP) is 1.49. The fraction of sp³-hybridized carbons (Fsp3) is 0. The van der Waals surface area contributed by atoms with Crippen LogP contribution in [-0.4, -0.2) is 25.6 Å². The van der Waals surface area contributed by atoms with Crippen LogP contribution in [0.25, 0.3) is 5.82 Å². The Labute approximate surface area is 101 Å². The lowest BCUT2D eigenvalue weighted by Crippen LogP contribution is -1.98. The second-order valence-electron chi connectivity index (χ2n) is 3.08. The number of carboxylic acids is 1. The highest BCUT2D eigenvalue weighted by atomic mass is 35.5. The number of carboxylic acid groups (broad SMARTS) is 1. The number of hydrogen-bond donors (Lipinski definition) is 1. The summed E-state index contributed by atoms with van der Waals surface area (Å²) >= 11 is 5.95. The van der Waals surface area contributed by atoms with E-state index in [0.29, 0.717) is 0 Å². The van der Waals surface area contributed by atoms with Gasteiger partial charge in [-0.2, -0.15) is 5.26 Å². The van der Waals surface area contributed by atoms with Gasteiger partial charge in [0.2, 0.25) is 0 Å². The molecule has 2 aromatic heterocycles. The van der Waals surface area contributed by atoms with Crippen molar-refractivity contribution in [2.75, 3.05) is 0 Å². The first-order valence-electron chi connectivity index (χ1n) is 4.45. The second-order valence-corrected chi connectivity index (χ2v) is 3.46. The van der Waals surface area contributed by atoms with E-state index in [1.165, 1.54) is 29.4 Å². The summed E-state index contributed by atoms with van der Waals surface area (Å²) in [6.07, 6.45) is 3.97. The van der Waals surface area contributed by atoms with Gasteiger partial charge in [0.25, 0.3) is 0 Å². The molecule has 1 N–H and O–H groups in total. The Hall–Kier alpha value is -2.39. The Morgan fingerprint density at radius 3 is 2.88 bits per heavy atom. The minimum Gasteiger partial charge on any atom is -0.476 e. The van der Waals surface area contributed by atoms with Crippen molar-refractivity contribution in [1.82, 2.24) is 14.5 Å². The summed E-state index contributed by atoms with van der Waals surface area (Å²) in [5.41, 5.74) is 0.146. The van der Waals surface area contributed by atoms with Gasteiger partial charge in [-0.3, -0.25) is 4.57 Å². The van der Waals surface area contributed by atoms with Gasteiger partial charge in [-0.25, -0.2) is 14.8 Å². The molecular weight excluding hydrogens is 244 g/mol. The third-order valence-corrected chi connectivity index (χ3v) is 2.41. The molecular formula is C10H5ClN4O2. The number of nitriles is 1. The van der Waals surface area contributed by atoms with Crippen molar-refractivity contribution in [1.29, 1.82) is 5.26 Å². The molecule has 17 heavy (non-hydrogen) atoms. The molecule has 2 rings (SSSR count). The lowest BCUT2D eigenvalue weighted by Gasteiger charge is -2.03. The number of halogens is 1. The highest BCUT2D eigenvalue weighted by Gasteiger charge is 2.12. The molecule has 0 amide bonds. The van der Waals surface area contributed by atoms with Gasteiger partial charge >= 0.3 is 5.97 Å². The van der Waals surface area contributed by atoms with Gasteiger partial charge in [-0.15, -0.1) is 0 Å². The van der Waals surface area contributed by atoms with E-state index in [9.17, 15) is 4.79 Å². The van der Waals surface area contributed by atoms with E-state index in [0.717, 1.165) is 0 Å². The molecule has 0 spiro atoms. The van der Waals surface area contributed by atoms with Gasteiger partial charge in [-0.05, 0) is 6.07 Å². The maximum absolute atomic E-state index is 10.7. The lowest BCUT2D eigenvalue weighted by molar-refractivity contribution is 0.0691. The van der Waals surface area contributed by atoms with E-state index in [2.05, 4.69) is 9.97 Å². The molecule has 0 atom stereocenters. The molecule has 0 aliphatic rings. The predicted molar refractivity (Wildman–Crippen MR) is 58.0 cm³/mol. The van der Waals surface area contributed by atoms with Crippen molar-refractivity contribution in [3.63, 3.8) is 0 Å². The van der Waals surface area contributed by atoms with Gasteiger partial charge < -0.3 is 5.11 Å². The summed E-state index contributed by atoms with van der Waals surface area (Å²) in [6.45, 7) is 0. The van der Waals surface area contributed by atoms with Crippen LogP contribution in [0.3, 0.4) is 0 Å². The third kappa shape index (κ3) is 1.96. The third-order valence-electron chi connectivity index (χ3n) is 2.04. The first-order chi connectivity index (χ1) is 8.13. The van der Waals surface area contributed by atoms with Crippen LogP contribution in [0.2, 0.25) is 5.02 Å². The summed E-state index contributed by atoms with van der Waals surface area (Å²) in [6, 6.07) is 3.39. The number of nitrogens with zero attached hydrogens (tertiary/aromatic N) is 4. The van der Waals surface area contributed by atoms with Crippen molar-refractivity contribution < 1.29 is 9.90 Å². The number of aromatic carboxylic acids is 1. The van der Waals surface area contributed by atoms with Crippen LogP contribution in [0.5, 0.6) is 0 Å². The highest BCUT2D eigenvalue weighted by Crippen LogP contribution is 2.21. The van der Waals surface area contributed by atoms with E-state index >= 15 is 0 Å². The number of carbonyl (C=O) groups is 1. The van der Waals surface area contributed by atoms with E-state index in [-0.39, 0.29) is 22.1 Å². The summed E-state index contributed by atoms with van der Waals surface area (Å²) < 4.78 is 1.35. The topological polar surface area (TPSA) is 91.8 Å². The highest BCUT2D eigenvalue weighted by molar-refractivity contribution is 6.33. The zero-order chi connectivity index (χ0) is 12.4. The van der Waals surface area contributed by atoms with E-state index in [1.807, 2.05) is 6.07 Å². The van der Waals surface area contributed by atoms with Crippen LogP contribution in [0.15, 0.2) is 24.8 Å². The Kier molecular flexibility index (Phi) is 2.77. The van der Waals surface area contributed by atoms with Crippen LogP contribution >= 0.6 is 11.6 Å². The van der Waals surface area contributed by atoms with Crippen LogP contribution in [0, 0.1) is 11.3 Å². The summed E-state index contributed by atoms with van der Waals surface area (Å²) in [5.74, 6) is -0.873. The summed E-state index contributed by atoms with van der Waals surface area (Å²) in [5, 5.41) is 17.7. The van der Waals surface area contributed by atoms with Gasteiger partial charge in [0.05, 0.1) is 5.56 Å². The molecule has 6 nitrogen and oxygen atoms in total. The average Bonchev–Trinajstić information content (AvgIpc) is 2.78. The maximum Gasteiger partial charge on any atom is 0.356 e. The van der Waals surface area contributed by atoms with Gasteiger partial charge in [-0.1, -0.05) is 11.6 Å². The average molecular weight is 249 g/mol. The summed E-state index contributed by atoms with van der Waals surface area (Å²) in [4.78, 5) is 18.3. The van der Waals surface area contributed by atoms with Gasteiger partial charge in [0, 0.05) is 12.4 Å². The first-order valence-corrected chi connectivity index (χ1v) is 4.83. The van der Waals surface area contributed by atoms with Crippen LogP contribution in [-0.2, 0) is 0 Å². The Morgan fingerprint density at radius 2 is 2.29 bits per heavy atom. The second kappa shape index (κ2) is 4.23. The fourth-order valence-electron chi connectivity index (χ4n) is 1.25. The van der Waals surface area contributed by atoms with Crippen molar-refractivity contribution in [2.24, 2.45) is 0 Å². The zero-order valence-electron chi connectivity index (χ0n) is 8.33.